The number of methoxy groups -OCH3 is 1. The molecular formula is C26H26N5O5P. The molecule has 2 aromatic carbocycles. The molecule has 0 aliphatic rings. The van der Waals surface area contributed by atoms with Crippen LogP contribution in [-0.2, 0) is 0 Å². The minimum absolute atomic E-state index is 0.138. The number of amides is 1. The van der Waals surface area contributed by atoms with Gasteiger partial charge in [0.25, 0.3) is 5.91 Å². The number of nitrogens with one attached hydrogen (secondary N) is 2. The van der Waals surface area contributed by atoms with Gasteiger partial charge in [-0.2, -0.15) is 0 Å². The second-order valence-electron chi connectivity index (χ2n) is 8.20. The zero-order chi connectivity index (χ0) is 26.4. The van der Waals surface area contributed by atoms with Crippen molar-refractivity contribution in [2.45, 2.75) is 19.9 Å². The van der Waals surface area contributed by atoms with E-state index in [4.69, 9.17) is 19.0 Å². The lowest BCUT2D eigenvalue weighted by atomic mass is 10.1. The molecule has 2 aromatic heterocycles. The predicted molar refractivity (Wildman–Crippen MR) is 141 cm³/mol. The first-order valence-electron chi connectivity index (χ1n) is 11.3. The summed E-state index contributed by atoms with van der Waals surface area (Å²) in [4.78, 5) is 43.9. The standard InChI is InChI=1S/C26H26N5O5P/c1-16-9-20(13-27-12-16)26(32)30-21-6-4-5-18(10-21)17(2)29-25-15-28-14-22(31-25)19-7-8-23(36-37(33)34)24(11-19)35-3/h4-15,17,33-34H,1-3H3,(H,29,31)(H,30,32)/t17-/m0/s1. The zero-order valence-corrected chi connectivity index (χ0v) is 21.3. The van der Waals surface area contributed by atoms with Crippen LogP contribution in [0.1, 0.15) is 34.5 Å². The van der Waals surface area contributed by atoms with E-state index < -0.39 is 8.60 Å². The third-order valence-corrected chi connectivity index (χ3v) is 5.78. The number of pyridine rings is 1. The van der Waals surface area contributed by atoms with E-state index >= 15 is 0 Å². The van der Waals surface area contributed by atoms with E-state index in [0.717, 1.165) is 11.1 Å². The van der Waals surface area contributed by atoms with Gasteiger partial charge in [0.2, 0.25) is 0 Å². The number of nitrogens with zero attached hydrogens (tertiary/aromatic N) is 3. The van der Waals surface area contributed by atoms with Crippen molar-refractivity contribution in [3.63, 3.8) is 0 Å². The minimum Gasteiger partial charge on any atom is -0.493 e. The van der Waals surface area contributed by atoms with Gasteiger partial charge < -0.3 is 29.7 Å². The molecule has 0 bridgehead atoms. The highest BCUT2D eigenvalue weighted by Crippen LogP contribution is 2.38. The molecule has 11 heteroatoms. The average molecular weight is 519 g/mol. The molecule has 1 amide bonds. The molecule has 0 saturated heterocycles. The molecule has 2 heterocycles. The van der Waals surface area contributed by atoms with Gasteiger partial charge in [-0.25, -0.2) is 4.98 Å². The van der Waals surface area contributed by atoms with Gasteiger partial charge in [-0.3, -0.25) is 14.8 Å². The number of benzene rings is 2. The molecule has 4 N–H and O–H groups in total. The fraction of sp³-hybridized carbons (Fsp3) is 0.154. The van der Waals surface area contributed by atoms with Gasteiger partial charge in [-0.15, -0.1) is 0 Å². The molecule has 0 unspecified atom stereocenters. The third kappa shape index (κ3) is 6.77. The number of aryl methyl sites for hydroxylation is 1. The highest BCUT2D eigenvalue weighted by Gasteiger charge is 2.14. The number of hydrogen-bond donors (Lipinski definition) is 4. The molecule has 0 aliphatic carbocycles. The van der Waals surface area contributed by atoms with Crippen LogP contribution in [0.2, 0.25) is 0 Å². The van der Waals surface area contributed by atoms with Crippen LogP contribution >= 0.6 is 8.60 Å². The van der Waals surface area contributed by atoms with Crippen molar-refractivity contribution in [2.24, 2.45) is 0 Å². The van der Waals surface area contributed by atoms with Gasteiger partial charge in [0.15, 0.2) is 11.5 Å². The van der Waals surface area contributed by atoms with Crippen molar-refractivity contribution in [1.82, 2.24) is 15.0 Å². The summed E-state index contributed by atoms with van der Waals surface area (Å²) >= 11 is 0. The van der Waals surface area contributed by atoms with E-state index in [0.29, 0.717) is 34.1 Å². The number of ether oxygens (including phenoxy) is 1. The highest BCUT2D eigenvalue weighted by molar-refractivity contribution is 7.39. The Bertz CT molecular complexity index is 1400. The summed E-state index contributed by atoms with van der Waals surface area (Å²) in [6.07, 6.45) is 6.48. The van der Waals surface area contributed by atoms with Crippen LogP contribution in [0.25, 0.3) is 11.3 Å². The number of aromatic nitrogens is 3. The minimum atomic E-state index is -2.56. The first kappa shape index (κ1) is 26.0. The van der Waals surface area contributed by atoms with Crippen LogP contribution in [0, 0.1) is 6.92 Å². The summed E-state index contributed by atoms with van der Waals surface area (Å²) < 4.78 is 10.3. The molecule has 4 rings (SSSR count). The average Bonchev–Trinajstić information content (AvgIpc) is 2.89. The summed E-state index contributed by atoms with van der Waals surface area (Å²) in [6, 6.07) is 14.2. The second kappa shape index (κ2) is 11.7. The Hall–Kier alpha value is -4.11. The van der Waals surface area contributed by atoms with E-state index in [1.807, 2.05) is 38.1 Å². The maximum atomic E-state index is 12.6. The molecule has 0 saturated carbocycles. The molecule has 190 valence electrons. The molecule has 0 radical (unpaired) electrons. The Labute approximate surface area is 215 Å². The summed E-state index contributed by atoms with van der Waals surface area (Å²) in [7, 11) is -1.10. The van der Waals surface area contributed by atoms with Crippen LogP contribution in [0.3, 0.4) is 0 Å². The fourth-order valence-electron chi connectivity index (χ4n) is 3.64. The van der Waals surface area contributed by atoms with Gasteiger partial charge in [0, 0.05) is 23.6 Å². The Kier molecular flexibility index (Phi) is 8.25. The van der Waals surface area contributed by atoms with Gasteiger partial charge in [-0.1, -0.05) is 12.1 Å². The Morgan fingerprint density at radius 3 is 2.57 bits per heavy atom. The van der Waals surface area contributed by atoms with E-state index in [1.54, 1.807) is 42.9 Å². The fourth-order valence-corrected chi connectivity index (χ4v) is 3.96. The molecule has 1 atom stereocenters. The van der Waals surface area contributed by atoms with Gasteiger partial charge in [0.05, 0.1) is 36.8 Å². The molecular weight excluding hydrogens is 493 g/mol. The Morgan fingerprint density at radius 2 is 1.81 bits per heavy atom. The maximum absolute atomic E-state index is 12.6. The normalized spacial score (nSPS) is 11.6. The van der Waals surface area contributed by atoms with E-state index in [2.05, 4.69) is 25.6 Å². The predicted octanol–water partition coefficient (Wildman–Crippen LogP) is 4.87. The topological polar surface area (TPSA) is 139 Å². The summed E-state index contributed by atoms with van der Waals surface area (Å²) in [5, 5.41) is 6.25. The van der Waals surface area contributed by atoms with E-state index in [-0.39, 0.29) is 17.7 Å². The molecule has 37 heavy (non-hydrogen) atoms. The lowest BCUT2D eigenvalue weighted by Crippen LogP contribution is -2.13. The smallest absolute Gasteiger partial charge is 0.391 e. The van der Waals surface area contributed by atoms with Crippen molar-refractivity contribution < 1.29 is 23.8 Å². The molecule has 0 fully saturated rings. The first-order valence-corrected chi connectivity index (χ1v) is 12.4. The van der Waals surface area contributed by atoms with Crippen LogP contribution in [-0.4, -0.2) is 37.8 Å². The zero-order valence-electron chi connectivity index (χ0n) is 20.4. The van der Waals surface area contributed by atoms with Crippen LogP contribution in [0.15, 0.2) is 73.3 Å². The highest BCUT2D eigenvalue weighted by atomic mass is 31.2. The van der Waals surface area contributed by atoms with Crippen LogP contribution in [0.4, 0.5) is 11.5 Å². The summed E-state index contributed by atoms with van der Waals surface area (Å²) in [6.45, 7) is 3.87. The molecule has 0 aliphatic heterocycles. The molecule has 0 spiro atoms. The van der Waals surface area contributed by atoms with E-state index in [1.165, 1.54) is 13.3 Å². The van der Waals surface area contributed by atoms with Crippen molar-refractivity contribution >= 4 is 26.0 Å². The third-order valence-electron chi connectivity index (χ3n) is 5.42. The van der Waals surface area contributed by atoms with Crippen molar-refractivity contribution in [1.29, 1.82) is 0 Å². The summed E-state index contributed by atoms with van der Waals surface area (Å²) in [5.41, 5.74) is 4.32. The van der Waals surface area contributed by atoms with Crippen LogP contribution in [0.5, 0.6) is 11.5 Å². The largest absolute Gasteiger partial charge is 0.493 e. The number of carbonyl (C=O) groups is 1. The molecule has 4 aromatic rings. The first-order chi connectivity index (χ1) is 17.8. The monoisotopic (exact) mass is 519 g/mol. The van der Waals surface area contributed by atoms with Crippen LogP contribution < -0.4 is 19.9 Å². The molecule has 10 nitrogen and oxygen atoms in total. The SMILES string of the molecule is COc1cc(-c2cncc(N[C@@H](C)c3cccc(NC(=O)c4cncc(C)c4)c3)n2)ccc1OP(O)O. The quantitative estimate of drug-likeness (QED) is 0.228. The van der Waals surface area contributed by atoms with Gasteiger partial charge in [0.1, 0.15) is 5.82 Å². The van der Waals surface area contributed by atoms with Gasteiger partial charge in [-0.05, 0) is 61.4 Å². The van der Waals surface area contributed by atoms with Crippen molar-refractivity contribution in [2.75, 3.05) is 17.7 Å². The Morgan fingerprint density at radius 1 is 1.00 bits per heavy atom. The van der Waals surface area contributed by atoms with E-state index in [9.17, 15) is 4.79 Å². The number of hydrogen-bond acceptors (Lipinski definition) is 9. The second-order valence-corrected chi connectivity index (χ2v) is 8.88. The van der Waals surface area contributed by atoms with Gasteiger partial charge >= 0.3 is 8.60 Å². The lowest BCUT2D eigenvalue weighted by Gasteiger charge is -2.17. The maximum Gasteiger partial charge on any atom is 0.391 e. The number of anilines is 2. The Balaban J connectivity index is 1.48. The number of rotatable bonds is 9. The summed E-state index contributed by atoms with van der Waals surface area (Å²) in [5.74, 6) is 0.874. The van der Waals surface area contributed by atoms with Crippen molar-refractivity contribution in [3.05, 3.63) is 90.0 Å². The lowest BCUT2D eigenvalue weighted by molar-refractivity contribution is 0.102. The number of carbonyl (C=O) groups excluding carboxylic acids is 1. The van der Waals surface area contributed by atoms with Crippen molar-refractivity contribution in [3.8, 4) is 22.8 Å².